The fourth-order valence-electron chi connectivity index (χ4n) is 5.00. The van der Waals surface area contributed by atoms with Crippen LogP contribution < -0.4 is 15.8 Å². The van der Waals surface area contributed by atoms with E-state index in [4.69, 9.17) is 15.2 Å². The van der Waals surface area contributed by atoms with Crippen molar-refractivity contribution in [3.63, 3.8) is 0 Å². The van der Waals surface area contributed by atoms with Crippen molar-refractivity contribution in [2.24, 2.45) is 11.7 Å². The smallest absolute Gasteiger partial charge is 0.417 e. The average Bonchev–Trinajstić information content (AvgIpc) is 3.36. The number of pyridine rings is 1. The zero-order valence-electron chi connectivity index (χ0n) is 21.1. The van der Waals surface area contributed by atoms with E-state index in [1.165, 1.54) is 25.3 Å². The number of alkyl halides is 4. The zero-order valence-corrected chi connectivity index (χ0v) is 21.1. The number of anilines is 1. The van der Waals surface area contributed by atoms with Crippen LogP contribution in [0.15, 0.2) is 30.5 Å². The number of nitrogens with two attached hydrogens (primary N) is 1. The molecule has 212 valence electrons. The van der Waals surface area contributed by atoms with Crippen LogP contribution in [0.2, 0.25) is 0 Å². The predicted octanol–water partition coefficient (Wildman–Crippen LogP) is 3.57. The third-order valence-corrected chi connectivity index (χ3v) is 7.39. The molecule has 0 saturated carbocycles. The van der Waals surface area contributed by atoms with E-state index in [-0.39, 0.29) is 30.0 Å². The average molecular weight is 560 g/mol. The van der Waals surface area contributed by atoms with Crippen LogP contribution in [0.1, 0.15) is 35.8 Å². The predicted molar refractivity (Wildman–Crippen MR) is 126 cm³/mol. The first-order valence-corrected chi connectivity index (χ1v) is 11.9. The van der Waals surface area contributed by atoms with Crippen LogP contribution in [0.25, 0.3) is 0 Å². The number of likely N-dealkylation sites (tertiary alicyclic amines) is 1. The van der Waals surface area contributed by atoms with Crippen LogP contribution in [0, 0.1) is 17.6 Å². The van der Waals surface area contributed by atoms with Crippen molar-refractivity contribution < 1.29 is 45.4 Å². The molecule has 4 rings (SSSR count). The maximum Gasteiger partial charge on any atom is 0.417 e. The van der Waals surface area contributed by atoms with Crippen molar-refractivity contribution in [2.45, 2.75) is 49.9 Å². The van der Waals surface area contributed by atoms with Gasteiger partial charge in [-0.15, -0.1) is 0 Å². The van der Waals surface area contributed by atoms with Gasteiger partial charge < -0.3 is 25.4 Å². The lowest BCUT2D eigenvalue weighted by Gasteiger charge is -2.32. The minimum atomic E-state index is -4.92. The van der Waals surface area contributed by atoms with Crippen LogP contribution >= 0.6 is 0 Å². The second-order valence-corrected chi connectivity index (χ2v) is 9.75. The number of ether oxygens (including phenoxy) is 2. The molecule has 2 aliphatic heterocycles. The summed E-state index contributed by atoms with van der Waals surface area (Å²) >= 11 is 0. The number of nitrogens with zero attached hydrogens (tertiary/aromatic N) is 2. The van der Waals surface area contributed by atoms with E-state index in [0.29, 0.717) is 0 Å². The van der Waals surface area contributed by atoms with Crippen molar-refractivity contribution >= 4 is 17.5 Å². The molecular weight excluding hydrogens is 534 g/mol. The van der Waals surface area contributed by atoms with Crippen LogP contribution in [0.3, 0.4) is 0 Å². The standard InChI is InChI=1S/C25H26F6N4O4/c1-11-18(13-4-5-14(26)19(28)20(13)38-3)21(39-24(11,2)25(29,30)31)22(36)34-12-6-7-33-17(8-12)23(37)35-9-15(27)16(32)10-35/h4-8,11,15-16,18,21H,9-10,32H2,1-3H3,(H,33,34,36)/t11-,15+,16+,18-,21+,24+/m0/s1. The minimum absolute atomic E-state index is 0.00786. The Morgan fingerprint density at radius 1 is 1.23 bits per heavy atom. The van der Waals surface area contributed by atoms with Crippen LogP contribution in [-0.2, 0) is 9.53 Å². The number of aromatic nitrogens is 1. The minimum Gasteiger partial charge on any atom is -0.493 e. The molecule has 6 atom stereocenters. The van der Waals surface area contributed by atoms with Gasteiger partial charge in [0.1, 0.15) is 18.0 Å². The lowest BCUT2D eigenvalue weighted by atomic mass is 9.77. The SMILES string of the molecule is COc1c([C@H]2[C@H](C(=O)Nc3ccnc(C(=O)N4C[C@@H](N)[C@H](F)C4)c3)O[C@@](C)(C(F)(F)F)[C@H]2C)ccc(F)c1F. The van der Waals surface area contributed by atoms with Gasteiger partial charge in [0, 0.05) is 35.8 Å². The van der Waals surface area contributed by atoms with E-state index in [0.717, 1.165) is 31.1 Å². The number of halogens is 6. The first kappa shape index (κ1) is 28.6. The normalized spacial score (nSPS) is 29.0. The Labute approximate surface area is 219 Å². The van der Waals surface area contributed by atoms with E-state index >= 15 is 0 Å². The largest absolute Gasteiger partial charge is 0.493 e. The second kappa shape index (κ2) is 10.3. The summed E-state index contributed by atoms with van der Waals surface area (Å²) in [6.45, 7) is 1.68. The Bertz CT molecular complexity index is 1270. The molecule has 8 nitrogen and oxygen atoms in total. The van der Waals surface area contributed by atoms with Gasteiger partial charge in [-0.05, 0) is 25.1 Å². The van der Waals surface area contributed by atoms with Gasteiger partial charge in [-0.2, -0.15) is 17.6 Å². The van der Waals surface area contributed by atoms with Crippen molar-refractivity contribution in [3.05, 3.63) is 53.4 Å². The topological polar surface area (TPSA) is 107 Å². The molecule has 0 spiro atoms. The maximum atomic E-state index is 14.5. The maximum absolute atomic E-state index is 14.5. The molecule has 2 aromatic rings. The third kappa shape index (κ3) is 5.02. The van der Waals surface area contributed by atoms with Gasteiger partial charge >= 0.3 is 6.18 Å². The van der Waals surface area contributed by atoms with Crippen LogP contribution in [0.5, 0.6) is 5.75 Å². The summed E-state index contributed by atoms with van der Waals surface area (Å²) in [4.78, 5) is 31.2. The molecule has 2 saturated heterocycles. The van der Waals surface area contributed by atoms with E-state index in [1.54, 1.807) is 0 Å². The van der Waals surface area contributed by atoms with E-state index in [1.807, 2.05) is 0 Å². The first-order valence-electron chi connectivity index (χ1n) is 11.9. The zero-order chi connectivity index (χ0) is 28.9. The number of hydrogen-bond acceptors (Lipinski definition) is 6. The molecule has 1 aromatic carbocycles. The van der Waals surface area contributed by atoms with Gasteiger partial charge in [-0.25, -0.2) is 8.78 Å². The molecule has 2 fully saturated rings. The van der Waals surface area contributed by atoms with Crippen molar-refractivity contribution in [1.82, 2.24) is 9.88 Å². The van der Waals surface area contributed by atoms with E-state index in [9.17, 15) is 35.9 Å². The molecule has 39 heavy (non-hydrogen) atoms. The van der Waals surface area contributed by atoms with Crippen LogP contribution in [0.4, 0.5) is 32.0 Å². The molecule has 3 N–H and O–H groups in total. The van der Waals surface area contributed by atoms with Crippen LogP contribution in [-0.4, -0.2) is 72.0 Å². The summed E-state index contributed by atoms with van der Waals surface area (Å²) in [5.74, 6) is -7.88. The highest BCUT2D eigenvalue weighted by molar-refractivity contribution is 5.98. The van der Waals surface area contributed by atoms with Gasteiger partial charge in [0.15, 0.2) is 17.2 Å². The summed E-state index contributed by atoms with van der Waals surface area (Å²) in [7, 11) is 1.02. The number of carbonyl (C=O) groups is 2. The van der Waals surface area contributed by atoms with Crippen molar-refractivity contribution in [2.75, 3.05) is 25.5 Å². The number of benzene rings is 1. The monoisotopic (exact) mass is 560 g/mol. The molecule has 3 heterocycles. The molecule has 2 amide bonds. The van der Waals surface area contributed by atoms with E-state index < -0.39 is 71.1 Å². The Hall–Kier alpha value is -3.39. The Morgan fingerprint density at radius 2 is 1.92 bits per heavy atom. The van der Waals surface area contributed by atoms with Gasteiger partial charge in [-0.1, -0.05) is 13.0 Å². The highest BCUT2D eigenvalue weighted by Gasteiger charge is 2.66. The van der Waals surface area contributed by atoms with E-state index in [2.05, 4.69) is 10.3 Å². The van der Waals surface area contributed by atoms with Crippen molar-refractivity contribution in [3.8, 4) is 5.75 Å². The number of carbonyl (C=O) groups excluding carboxylic acids is 2. The fourth-order valence-corrected chi connectivity index (χ4v) is 5.00. The number of nitrogens with one attached hydrogen (secondary N) is 1. The highest BCUT2D eigenvalue weighted by atomic mass is 19.4. The summed E-state index contributed by atoms with van der Waals surface area (Å²) in [6.07, 6.45) is -6.97. The Morgan fingerprint density at radius 3 is 2.51 bits per heavy atom. The third-order valence-electron chi connectivity index (χ3n) is 7.39. The lowest BCUT2D eigenvalue weighted by Crippen LogP contribution is -2.47. The molecular formula is C25H26F6N4O4. The summed E-state index contributed by atoms with van der Waals surface area (Å²) in [6, 6.07) is 3.38. The summed E-state index contributed by atoms with van der Waals surface area (Å²) in [5.41, 5.74) is 2.44. The van der Waals surface area contributed by atoms with Gasteiger partial charge in [0.25, 0.3) is 11.8 Å². The fraction of sp³-hybridized carbons (Fsp3) is 0.480. The first-order chi connectivity index (χ1) is 18.2. The quantitative estimate of drug-likeness (QED) is 0.542. The molecule has 2 aliphatic rings. The number of rotatable bonds is 5. The number of amides is 2. The molecule has 0 radical (unpaired) electrons. The van der Waals surface area contributed by atoms with Gasteiger partial charge in [0.05, 0.1) is 19.7 Å². The Balaban J connectivity index is 1.66. The molecule has 0 bridgehead atoms. The molecule has 0 unspecified atom stereocenters. The molecule has 0 aliphatic carbocycles. The number of methoxy groups -OCH3 is 1. The lowest BCUT2D eigenvalue weighted by molar-refractivity contribution is -0.272. The Kier molecular flexibility index (Phi) is 7.56. The second-order valence-electron chi connectivity index (χ2n) is 9.75. The highest BCUT2D eigenvalue weighted by Crippen LogP contribution is 2.55. The summed E-state index contributed by atoms with van der Waals surface area (Å²) < 4.78 is 94.8. The summed E-state index contributed by atoms with van der Waals surface area (Å²) in [5, 5.41) is 2.41. The molecule has 1 aromatic heterocycles. The number of hydrogen-bond donors (Lipinski definition) is 2. The van der Waals surface area contributed by atoms with Gasteiger partial charge in [-0.3, -0.25) is 14.6 Å². The molecule has 14 heteroatoms. The van der Waals surface area contributed by atoms with Gasteiger partial charge in [0.2, 0.25) is 5.82 Å². The van der Waals surface area contributed by atoms with Crippen molar-refractivity contribution in [1.29, 1.82) is 0 Å².